The minimum Gasteiger partial charge on any atom is -0.352 e. The molecule has 1 aromatic carbocycles. The zero-order chi connectivity index (χ0) is 19.5. The average molecular weight is 419 g/mol. The van der Waals surface area contributed by atoms with Crippen LogP contribution in [0.4, 0.5) is 0 Å². The van der Waals surface area contributed by atoms with E-state index in [9.17, 15) is 4.79 Å². The Labute approximate surface area is 175 Å². The Bertz CT molecular complexity index is 795. The largest absolute Gasteiger partial charge is 0.352 e. The molecule has 2 fully saturated rings. The SMILES string of the molecule is CCn1cc(CN2C[C@H]3CC[C@@H](C2)C3NC(=O)CSc2ccc(Cl)cc2)cn1. The van der Waals surface area contributed by atoms with Crippen LogP contribution in [0.15, 0.2) is 41.6 Å². The molecule has 1 aromatic heterocycles. The highest BCUT2D eigenvalue weighted by Crippen LogP contribution is 2.37. The third kappa shape index (κ3) is 4.73. The number of halogens is 1. The first-order chi connectivity index (χ1) is 13.6. The van der Waals surface area contributed by atoms with Crippen LogP contribution in [0.25, 0.3) is 0 Å². The van der Waals surface area contributed by atoms with Crippen molar-refractivity contribution in [1.29, 1.82) is 0 Å². The van der Waals surface area contributed by atoms with Crippen molar-refractivity contribution in [3.63, 3.8) is 0 Å². The van der Waals surface area contributed by atoms with Crippen LogP contribution in [0.3, 0.4) is 0 Å². The van der Waals surface area contributed by atoms with Crippen LogP contribution >= 0.6 is 23.4 Å². The predicted molar refractivity (Wildman–Crippen MR) is 113 cm³/mol. The van der Waals surface area contributed by atoms with Crippen molar-refractivity contribution < 1.29 is 4.79 Å². The number of aryl methyl sites for hydroxylation is 1. The molecule has 1 aliphatic heterocycles. The molecular formula is C21H27ClN4OS. The van der Waals surface area contributed by atoms with Crippen LogP contribution in [-0.2, 0) is 17.9 Å². The van der Waals surface area contributed by atoms with Crippen LogP contribution in [0.5, 0.6) is 0 Å². The van der Waals surface area contributed by atoms with E-state index < -0.39 is 0 Å². The van der Waals surface area contributed by atoms with Gasteiger partial charge >= 0.3 is 0 Å². The standard InChI is InChI=1S/C21H27ClN4OS/c1-2-26-11-15(9-23-26)10-25-12-16-3-4-17(13-25)21(16)24-20(27)14-28-19-7-5-18(22)6-8-19/h5-9,11,16-17,21H,2-4,10,12-14H2,1H3,(H,24,27)/t16-,17+,21?. The zero-order valence-electron chi connectivity index (χ0n) is 16.2. The molecule has 150 valence electrons. The summed E-state index contributed by atoms with van der Waals surface area (Å²) in [6, 6.07) is 7.98. The summed E-state index contributed by atoms with van der Waals surface area (Å²) in [5.41, 5.74) is 1.28. The number of rotatable bonds is 7. The van der Waals surface area contributed by atoms with Crippen molar-refractivity contribution in [2.75, 3.05) is 18.8 Å². The van der Waals surface area contributed by atoms with Gasteiger partial charge in [0, 0.05) is 53.9 Å². The molecule has 3 atom stereocenters. The lowest BCUT2D eigenvalue weighted by atomic mass is 9.92. The zero-order valence-corrected chi connectivity index (χ0v) is 17.8. The quantitative estimate of drug-likeness (QED) is 0.697. The third-order valence-corrected chi connectivity index (χ3v) is 7.10. The smallest absolute Gasteiger partial charge is 0.230 e. The van der Waals surface area contributed by atoms with Gasteiger partial charge in [-0.1, -0.05) is 11.6 Å². The van der Waals surface area contributed by atoms with Gasteiger partial charge in [0.05, 0.1) is 11.9 Å². The summed E-state index contributed by atoms with van der Waals surface area (Å²) in [5.74, 6) is 1.71. The van der Waals surface area contributed by atoms with Gasteiger partial charge in [0.1, 0.15) is 0 Å². The first kappa shape index (κ1) is 19.8. The molecule has 1 unspecified atom stereocenters. The molecule has 2 heterocycles. The molecule has 4 rings (SSSR count). The summed E-state index contributed by atoms with van der Waals surface area (Å²) in [6.45, 7) is 6.09. The molecule has 2 aliphatic rings. The molecule has 5 nitrogen and oxygen atoms in total. The van der Waals surface area contributed by atoms with E-state index in [-0.39, 0.29) is 5.91 Å². The van der Waals surface area contributed by atoms with Crippen molar-refractivity contribution >= 4 is 29.3 Å². The predicted octanol–water partition coefficient (Wildman–Crippen LogP) is 3.68. The number of likely N-dealkylation sites (tertiary alicyclic amines) is 1. The molecule has 0 radical (unpaired) electrons. The van der Waals surface area contributed by atoms with Crippen LogP contribution in [0.2, 0.25) is 5.02 Å². The van der Waals surface area contributed by atoms with Crippen molar-refractivity contribution in [3.8, 4) is 0 Å². The van der Waals surface area contributed by atoms with Gasteiger partial charge in [0.15, 0.2) is 0 Å². The number of benzene rings is 1. The summed E-state index contributed by atoms with van der Waals surface area (Å²) >= 11 is 7.48. The summed E-state index contributed by atoms with van der Waals surface area (Å²) < 4.78 is 1.98. The molecule has 28 heavy (non-hydrogen) atoms. The molecule has 7 heteroatoms. The fraction of sp³-hybridized carbons (Fsp3) is 0.524. The van der Waals surface area contributed by atoms with Crippen molar-refractivity contribution in [2.45, 2.75) is 43.8 Å². The monoisotopic (exact) mass is 418 g/mol. The van der Waals surface area contributed by atoms with Crippen LogP contribution in [0, 0.1) is 11.8 Å². The first-order valence-corrected chi connectivity index (χ1v) is 11.4. The molecule has 2 bridgehead atoms. The summed E-state index contributed by atoms with van der Waals surface area (Å²) in [5, 5.41) is 8.43. The number of amides is 1. The highest BCUT2D eigenvalue weighted by molar-refractivity contribution is 8.00. The summed E-state index contributed by atoms with van der Waals surface area (Å²) in [4.78, 5) is 16.1. The number of aromatic nitrogens is 2. The maximum absolute atomic E-state index is 12.5. The van der Waals surface area contributed by atoms with Crippen LogP contribution < -0.4 is 5.32 Å². The third-order valence-electron chi connectivity index (χ3n) is 5.84. The van der Waals surface area contributed by atoms with Crippen LogP contribution in [-0.4, -0.2) is 45.5 Å². The Kier molecular flexibility index (Phi) is 6.28. The maximum Gasteiger partial charge on any atom is 0.230 e. The Morgan fingerprint density at radius 3 is 2.61 bits per heavy atom. The van der Waals surface area contributed by atoms with E-state index in [0.717, 1.165) is 36.1 Å². The molecule has 1 amide bonds. The van der Waals surface area contributed by atoms with Gasteiger partial charge in [-0.2, -0.15) is 5.10 Å². The summed E-state index contributed by atoms with van der Waals surface area (Å²) in [6.07, 6.45) is 6.55. The fourth-order valence-corrected chi connectivity index (χ4v) is 5.35. The minimum absolute atomic E-state index is 0.138. The molecule has 1 saturated heterocycles. The van der Waals surface area contributed by atoms with E-state index in [1.165, 1.54) is 18.4 Å². The van der Waals surface area contributed by atoms with Gasteiger partial charge in [-0.3, -0.25) is 14.4 Å². The molecule has 2 aromatic rings. The minimum atomic E-state index is 0.138. The molecular weight excluding hydrogens is 392 g/mol. The number of hydrogen-bond acceptors (Lipinski definition) is 4. The molecule has 1 N–H and O–H groups in total. The molecule has 0 spiro atoms. The number of nitrogens with zero attached hydrogens (tertiary/aromatic N) is 3. The van der Waals surface area contributed by atoms with E-state index in [1.807, 2.05) is 35.1 Å². The Morgan fingerprint density at radius 2 is 1.96 bits per heavy atom. The van der Waals surface area contributed by atoms with Gasteiger partial charge < -0.3 is 5.32 Å². The van der Waals surface area contributed by atoms with E-state index >= 15 is 0 Å². The normalized spacial score (nSPS) is 24.4. The van der Waals surface area contributed by atoms with Crippen molar-refractivity contribution in [2.24, 2.45) is 11.8 Å². The fourth-order valence-electron chi connectivity index (χ4n) is 4.51. The Hall–Kier alpha value is -1.50. The Balaban J connectivity index is 1.27. The lowest BCUT2D eigenvalue weighted by molar-refractivity contribution is -0.120. The lowest BCUT2D eigenvalue weighted by Crippen LogP contribution is -2.52. The molecule has 1 saturated carbocycles. The second-order valence-corrected chi connectivity index (χ2v) is 9.32. The number of thioether (sulfide) groups is 1. The second kappa shape index (κ2) is 8.89. The van der Waals surface area contributed by atoms with E-state index in [1.54, 1.807) is 11.8 Å². The number of nitrogens with one attached hydrogen (secondary N) is 1. The Morgan fingerprint density at radius 1 is 1.25 bits per heavy atom. The number of piperidine rings is 1. The second-order valence-electron chi connectivity index (χ2n) is 7.83. The number of carbonyl (C=O) groups is 1. The van der Waals surface area contributed by atoms with E-state index in [4.69, 9.17) is 11.6 Å². The topological polar surface area (TPSA) is 50.2 Å². The number of carbonyl (C=O) groups excluding carboxylic acids is 1. The van der Waals surface area contributed by atoms with Crippen molar-refractivity contribution in [3.05, 3.63) is 47.2 Å². The average Bonchev–Trinajstić information content (AvgIpc) is 3.22. The van der Waals surface area contributed by atoms with Crippen LogP contribution in [0.1, 0.15) is 25.3 Å². The maximum atomic E-state index is 12.5. The highest BCUT2D eigenvalue weighted by atomic mass is 35.5. The van der Waals surface area contributed by atoms with Gasteiger partial charge in [0.25, 0.3) is 0 Å². The van der Waals surface area contributed by atoms with E-state index in [0.29, 0.717) is 23.6 Å². The van der Waals surface area contributed by atoms with Gasteiger partial charge in [-0.25, -0.2) is 0 Å². The first-order valence-electron chi connectivity index (χ1n) is 10.0. The van der Waals surface area contributed by atoms with Gasteiger partial charge in [0.2, 0.25) is 5.91 Å². The van der Waals surface area contributed by atoms with Crippen molar-refractivity contribution in [1.82, 2.24) is 20.0 Å². The summed E-state index contributed by atoms with van der Waals surface area (Å²) in [7, 11) is 0. The van der Waals surface area contributed by atoms with E-state index in [2.05, 4.69) is 28.4 Å². The highest BCUT2D eigenvalue weighted by Gasteiger charge is 2.42. The number of fused-ring (bicyclic) bond motifs is 2. The van der Waals surface area contributed by atoms with Gasteiger partial charge in [-0.05, 0) is 55.9 Å². The molecule has 1 aliphatic carbocycles. The number of hydrogen-bond donors (Lipinski definition) is 1. The lowest BCUT2D eigenvalue weighted by Gasteiger charge is -2.38. The van der Waals surface area contributed by atoms with Gasteiger partial charge in [-0.15, -0.1) is 11.8 Å².